The van der Waals surface area contributed by atoms with Gasteiger partial charge in [0.05, 0.1) is 0 Å². The molecule has 0 aliphatic rings. The molecule has 3 heteroatoms. The maximum Gasteiger partial charge on any atom is 0.165 e. The van der Waals surface area contributed by atoms with Gasteiger partial charge in [0.1, 0.15) is 0 Å². The third-order valence-electron chi connectivity index (χ3n) is 1.67. The van der Waals surface area contributed by atoms with Gasteiger partial charge in [-0.25, -0.2) is 0 Å². The Hall–Kier alpha value is -0.340. The zero-order valence-electron chi connectivity index (χ0n) is 7.47. The van der Waals surface area contributed by atoms with Crippen LogP contribution >= 0.6 is 27.5 Å². The van der Waals surface area contributed by atoms with Crippen LogP contribution in [0.5, 0.6) is 0 Å². The molecule has 70 valence electrons. The summed E-state index contributed by atoms with van der Waals surface area (Å²) in [5.41, 5.74) is 0.661. The monoisotopic (exact) mass is 260 g/mol. The Kier molecular flexibility index (Phi) is 3.51. The quantitative estimate of drug-likeness (QED) is 0.737. The summed E-state index contributed by atoms with van der Waals surface area (Å²) in [6.45, 7) is 3.74. The highest BCUT2D eigenvalue weighted by Crippen LogP contribution is 2.21. The van der Waals surface area contributed by atoms with Crippen LogP contribution < -0.4 is 0 Å². The first-order valence-corrected chi connectivity index (χ1v) is 5.18. The van der Waals surface area contributed by atoms with Gasteiger partial charge in [0.2, 0.25) is 0 Å². The van der Waals surface area contributed by atoms with Crippen molar-refractivity contribution in [2.24, 2.45) is 5.92 Å². The molecule has 0 bridgehead atoms. The Labute approximate surface area is 91.2 Å². The van der Waals surface area contributed by atoms with E-state index in [1.165, 1.54) is 0 Å². The molecule has 13 heavy (non-hydrogen) atoms. The predicted molar refractivity (Wildman–Crippen MR) is 58.3 cm³/mol. The van der Waals surface area contributed by atoms with Crippen molar-refractivity contribution in [2.45, 2.75) is 13.8 Å². The predicted octanol–water partition coefficient (Wildman–Crippen LogP) is 3.94. The van der Waals surface area contributed by atoms with Gasteiger partial charge in [-0.2, -0.15) is 0 Å². The lowest BCUT2D eigenvalue weighted by Crippen LogP contribution is -2.07. The average molecular weight is 262 g/mol. The van der Waals surface area contributed by atoms with E-state index in [1.807, 2.05) is 13.8 Å². The molecule has 1 rings (SSSR count). The average Bonchev–Trinajstić information content (AvgIpc) is 2.01. The molecule has 0 fully saturated rings. The fourth-order valence-corrected chi connectivity index (χ4v) is 1.89. The summed E-state index contributed by atoms with van der Waals surface area (Å²) in [5.74, 6) is 0.119. The number of carbonyl (C=O) groups excluding carboxylic acids is 1. The number of ketones is 1. The summed E-state index contributed by atoms with van der Waals surface area (Å²) in [4.78, 5) is 11.6. The number of hydrogen-bond acceptors (Lipinski definition) is 1. The minimum Gasteiger partial charge on any atom is -0.294 e. The zero-order valence-corrected chi connectivity index (χ0v) is 9.82. The lowest BCUT2D eigenvalue weighted by molar-refractivity contribution is 0.0939. The zero-order chi connectivity index (χ0) is 10.0. The van der Waals surface area contributed by atoms with E-state index >= 15 is 0 Å². The second kappa shape index (κ2) is 4.25. The van der Waals surface area contributed by atoms with Crippen LogP contribution in [0.4, 0.5) is 0 Å². The van der Waals surface area contributed by atoms with Crippen molar-refractivity contribution in [2.75, 3.05) is 0 Å². The van der Waals surface area contributed by atoms with Crippen molar-refractivity contribution >= 4 is 33.3 Å². The van der Waals surface area contributed by atoms with Crippen LogP contribution in [0.2, 0.25) is 5.02 Å². The maximum absolute atomic E-state index is 11.6. The first-order valence-electron chi connectivity index (χ1n) is 4.01. The fraction of sp³-hybridized carbons (Fsp3) is 0.300. The van der Waals surface area contributed by atoms with Crippen LogP contribution in [0.25, 0.3) is 0 Å². The highest BCUT2D eigenvalue weighted by atomic mass is 79.9. The van der Waals surface area contributed by atoms with Crippen molar-refractivity contribution < 1.29 is 4.79 Å². The molecule has 0 unspecified atom stereocenters. The summed E-state index contributed by atoms with van der Waals surface area (Å²) in [7, 11) is 0. The fourth-order valence-electron chi connectivity index (χ4n) is 1.03. The number of Topliss-reactive ketones (excluding diaryl/α,β-unsaturated/α-hetero) is 1. The van der Waals surface area contributed by atoms with Gasteiger partial charge in [0, 0.05) is 21.0 Å². The molecule has 0 saturated heterocycles. The molecule has 0 aromatic heterocycles. The van der Waals surface area contributed by atoms with E-state index in [1.54, 1.807) is 18.2 Å². The van der Waals surface area contributed by atoms with E-state index in [0.29, 0.717) is 10.6 Å². The van der Waals surface area contributed by atoms with Gasteiger partial charge in [-0.05, 0) is 18.2 Å². The third kappa shape index (κ3) is 2.82. The summed E-state index contributed by atoms with van der Waals surface area (Å²) in [5, 5.41) is 0.582. The third-order valence-corrected chi connectivity index (χ3v) is 2.35. The molecule has 0 saturated carbocycles. The molecule has 1 aromatic carbocycles. The minimum absolute atomic E-state index is 0.00497. The first kappa shape index (κ1) is 10.7. The first-order chi connectivity index (χ1) is 6.00. The molecule has 0 atom stereocenters. The minimum atomic E-state index is 0.00497. The van der Waals surface area contributed by atoms with Gasteiger partial charge in [-0.15, -0.1) is 0 Å². The number of rotatable bonds is 2. The Balaban J connectivity index is 3.08. The summed E-state index contributed by atoms with van der Waals surface area (Å²) in [6.07, 6.45) is 0. The van der Waals surface area contributed by atoms with Crippen molar-refractivity contribution in [1.29, 1.82) is 0 Å². The van der Waals surface area contributed by atoms with Gasteiger partial charge in [0.15, 0.2) is 5.78 Å². The van der Waals surface area contributed by atoms with Gasteiger partial charge in [0.25, 0.3) is 0 Å². The standard InChI is InChI=1S/C10H10BrClO/c1-6(2)10(13)7-3-8(11)5-9(12)4-7/h3-6H,1-2H3. The summed E-state index contributed by atoms with van der Waals surface area (Å²) < 4.78 is 0.837. The van der Waals surface area contributed by atoms with Crippen molar-refractivity contribution in [3.05, 3.63) is 33.3 Å². The van der Waals surface area contributed by atoms with E-state index in [0.717, 1.165) is 4.47 Å². The second-order valence-electron chi connectivity index (χ2n) is 3.18. The van der Waals surface area contributed by atoms with Crippen LogP contribution in [-0.2, 0) is 0 Å². The van der Waals surface area contributed by atoms with E-state index in [2.05, 4.69) is 15.9 Å². The lowest BCUT2D eigenvalue weighted by atomic mass is 10.0. The highest BCUT2D eigenvalue weighted by Gasteiger charge is 2.11. The van der Waals surface area contributed by atoms with Crippen molar-refractivity contribution in [3.63, 3.8) is 0 Å². The normalized spacial score (nSPS) is 10.5. The van der Waals surface area contributed by atoms with E-state index in [4.69, 9.17) is 11.6 Å². The number of halogens is 2. The van der Waals surface area contributed by atoms with E-state index in [-0.39, 0.29) is 11.7 Å². The maximum atomic E-state index is 11.6. The summed E-state index contributed by atoms with van der Waals surface area (Å²) in [6, 6.07) is 5.24. The van der Waals surface area contributed by atoms with Crippen LogP contribution in [0.15, 0.2) is 22.7 Å². The number of benzene rings is 1. The molecule has 0 radical (unpaired) electrons. The molecular formula is C10H10BrClO. The van der Waals surface area contributed by atoms with Crippen LogP contribution in [0.3, 0.4) is 0 Å². The second-order valence-corrected chi connectivity index (χ2v) is 4.53. The Morgan fingerprint density at radius 3 is 2.46 bits per heavy atom. The molecule has 1 aromatic rings. The Morgan fingerprint density at radius 2 is 2.00 bits per heavy atom. The smallest absolute Gasteiger partial charge is 0.165 e. The molecule has 1 nitrogen and oxygen atoms in total. The topological polar surface area (TPSA) is 17.1 Å². The molecule has 0 amide bonds. The molecule has 0 N–H and O–H groups in total. The molecule has 0 aliphatic heterocycles. The largest absolute Gasteiger partial charge is 0.294 e. The SMILES string of the molecule is CC(C)C(=O)c1cc(Cl)cc(Br)c1. The number of carbonyl (C=O) groups is 1. The van der Waals surface area contributed by atoms with Gasteiger partial charge < -0.3 is 0 Å². The van der Waals surface area contributed by atoms with E-state index < -0.39 is 0 Å². The molecule has 0 aliphatic carbocycles. The van der Waals surface area contributed by atoms with Gasteiger partial charge in [-0.1, -0.05) is 41.4 Å². The molecule has 0 spiro atoms. The molecular weight excluding hydrogens is 251 g/mol. The van der Waals surface area contributed by atoms with E-state index in [9.17, 15) is 4.79 Å². The Bertz CT molecular complexity index is 313. The van der Waals surface area contributed by atoms with Crippen LogP contribution in [-0.4, -0.2) is 5.78 Å². The van der Waals surface area contributed by atoms with Crippen LogP contribution in [0, 0.1) is 5.92 Å². The highest BCUT2D eigenvalue weighted by molar-refractivity contribution is 9.10. The van der Waals surface area contributed by atoms with Crippen molar-refractivity contribution in [3.8, 4) is 0 Å². The van der Waals surface area contributed by atoms with Gasteiger partial charge >= 0.3 is 0 Å². The molecule has 0 heterocycles. The van der Waals surface area contributed by atoms with Gasteiger partial charge in [-0.3, -0.25) is 4.79 Å². The number of hydrogen-bond donors (Lipinski definition) is 0. The lowest BCUT2D eigenvalue weighted by Gasteiger charge is -2.04. The Morgan fingerprint density at radius 1 is 1.38 bits per heavy atom. The van der Waals surface area contributed by atoms with Crippen molar-refractivity contribution in [1.82, 2.24) is 0 Å². The van der Waals surface area contributed by atoms with Crippen LogP contribution in [0.1, 0.15) is 24.2 Å². The summed E-state index contributed by atoms with van der Waals surface area (Å²) >= 11 is 9.11.